The van der Waals surface area contributed by atoms with E-state index >= 15 is 0 Å². The Labute approximate surface area is 63.4 Å². The molecule has 2 aliphatic rings. The molecule has 0 spiro atoms. The zero-order valence-corrected chi connectivity index (χ0v) is 6.84. The topological polar surface area (TPSA) is 3.24 Å². The van der Waals surface area contributed by atoms with Crippen molar-refractivity contribution in [3.8, 4) is 0 Å². The molecule has 1 aliphatic heterocycles. The highest BCUT2D eigenvalue weighted by Crippen LogP contribution is 2.40. The van der Waals surface area contributed by atoms with Gasteiger partial charge in [-0.1, -0.05) is 6.92 Å². The van der Waals surface area contributed by atoms with Crippen LogP contribution in [0.4, 0.5) is 0 Å². The fourth-order valence-electron chi connectivity index (χ4n) is 2.10. The van der Waals surface area contributed by atoms with Gasteiger partial charge in [-0.05, 0) is 44.2 Å². The minimum absolute atomic E-state index is 1.08. The highest BCUT2D eigenvalue weighted by Gasteiger charge is 2.34. The Hall–Kier alpha value is -0.0400. The zero-order valence-electron chi connectivity index (χ0n) is 6.84. The SMILES string of the molecule is CCN1CCC(C2CC2)C1. The lowest BCUT2D eigenvalue weighted by Crippen LogP contribution is -2.20. The Morgan fingerprint density at radius 3 is 2.50 bits per heavy atom. The molecule has 58 valence electrons. The number of rotatable bonds is 2. The first kappa shape index (κ1) is 6.66. The first-order valence-corrected chi connectivity index (χ1v) is 4.62. The third-order valence-electron chi connectivity index (χ3n) is 3.04. The second-order valence-electron chi connectivity index (χ2n) is 3.78. The normalized spacial score (nSPS) is 35.1. The van der Waals surface area contributed by atoms with Gasteiger partial charge in [0, 0.05) is 6.54 Å². The minimum Gasteiger partial charge on any atom is -0.303 e. The van der Waals surface area contributed by atoms with E-state index in [1.165, 1.54) is 38.9 Å². The summed E-state index contributed by atoms with van der Waals surface area (Å²) < 4.78 is 0. The van der Waals surface area contributed by atoms with Crippen LogP contribution in [0, 0.1) is 11.8 Å². The van der Waals surface area contributed by atoms with Crippen LogP contribution in [0.1, 0.15) is 26.2 Å². The molecule has 1 unspecified atom stereocenters. The molecule has 1 saturated carbocycles. The molecule has 1 aliphatic carbocycles. The standard InChI is InChI=1S/C9H17N/c1-2-10-6-5-9(7-10)8-3-4-8/h8-9H,2-7H2,1H3. The maximum atomic E-state index is 2.59. The van der Waals surface area contributed by atoms with Crippen molar-refractivity contribution < 1.29 is 0 Å². The average molecular weight is 139 g/mol. The van der Waals surface area contributed by atoms with E-state index in [9.17, 15) is 0 Å². The van der Waals surface area contributed by atoms with Gasteiger partial charge in [0.25, 0.3) is 0 Å². The van der Waals surface area contributed by atoms with E-state index in [1.54, 1.807) is 0 Å². The van der Waals surface area contributed by atoms with Gasteiger partial charge in [0.05, 0.1) is 0 Å². The number of likely N-dealkylation sites (tertiary alicyclic amines) is 1. The summed E-state index contributed by atoms with van der Waals surface area (Å²) in [5, 5.41) is 0. The Kier molecular flexibility index (Phi) is 1.69. The van der Waals surface area contributed by atoms with E-state index in [0.29, 0.717) is 0 Å². The smallest absolute Gasteiger partial charge is 0.00127 e. The van der Waals surface area contributed by atoms with Crippen molar-refractivity contribution in [2.45, 2.75) is 26.2 Å². The van der Waals surface area contributed by atoms with Crippen LogP contribution in [0.5, 0.6) is 0 Å². The van der Waals surface area contributed by atoms with Crippen LogP contribution >= 0.6 is 0 Å². The molecule has 0 amide bonds. The Morgan fingerprint density at radius 1 is 1.20 bits per heavy atom. The fourth-order valence-corrected chi connectivity index (χ4v) is 2.10. The van der Waals surface area contributed by atoms with Gasteiger partial charge in [0.15, 0.2) is 0 Å². The van der Waals surface area contributed by atoms with Crippen LogP contribution in [-0.2, 0) is 0 Å². The van der Waals surface area contributed by atoms with Gasteiger partial charge < -0.3 is 4.90 Å². The zero-order chi connectivity index (χ0) is 6.97. The molecule has 1 nitrogen and oxygen atoms in total. The molecule has 0 aromatic carbocycles. The predicted octanol–water partition coefficient (Wildman–Crippen LogP) is 1.74. The molecule has 10 heavy (non-hydrogen) atoms. The summed E-state index contributed by atoms with van der Waals surface area (Å²) in [7, 11) is 0. The van der Waals surface area contributed by atoms with Crippen LogP contribution in [-0.4, -0.2) is 24.5 Å². The number of nitrogens with zero attached hydrogens (tertiary/aromatic N) is 1. The highest BCUT2D eigenvalue weighted by atomic mass is 15.1. The molecule has 1 heteroatoms. The van der Waals surface area contributed by atoms with Crippen LogP contribution in [0.2, 0.25) is 0 Å². The predicted molar refractivity (Wildman–Crippen MR) is 42.9 cm³/mol. The Balaban J connectivity index is 1.81. The summed E-state index contributed by atoms with van der Waals surface area (Å²) in [6, 6.07) is 0. The van der Waals surface area contributed by atoms with Gasteiger partial charge in [-0.15, -0.1) is 0 Å². The third kappa shape index (κ3) is 1.20. The first-order chi connectivity index (χ1) is 4.90. The van der Waals surface area contributed by atoms with Crippen molar-refractivity contribution in [3.05, 3.63) is 0 Å². The van der Waals surface area contributed by atoms with E-state index in [2.05, 4.69) is 11.8 Å². The molecule has 0 bridgehead atoms. The van der Waals surface area contributed by atoms with Gasteiger partial charge in [0.2, 0.25) is 0 Å². The summed E-state index contributed by atoms with van der Waals surface area (Å²) in [5.74, 6) is 2.22. The van der Waals surface area contributed by atoms with Gasteiger partial charge in [-0.3, -0.25) is 0 Å². The van der Waals surface area contributed by atoms with E-state index in [1.807, 2.05) is 0 Å². The largest absolute Gasteiger partial charge is 0.303 e. The Morgan fingerprint density at radius 2 is 2.00 bits per heavy atom. The van der Waals surface area contributed by atoms with Crippen LogP contribution in [0.25, 0.3) is 0 Å². The molecule has 1 heterocycles. The third-order valence-corrected chi connectivity index (χ3v) is 3.04. The molecule has 2 rings (SSSR count). The van der Waals surface area contributed by atoms with Gasteiger partial charge in [-0.25, -0.2) is 0 Å². The van der Waals surface area contributed by atoms with Gasteiger partial charge >= 0.3 is 0 Å². The van der Waals surface area contributed by atoms with Crippen molar-refractivity contribution in [2.24, 2.45) is 11.8 Å². The summed E-state index contributed by atoms with van der Waals surface area (Å²) >= 11 is 0. The molecule has 1 saturated heterocycles. The van der Waals surface area contributed by atoms with E-state index < -0.39 is 0 Å². The molecule has 0 radical (unpaired) electrons. The molecule has 0 N–H and O–H groups in total. The molecule has 0 aromatic heterocycles. The highest BCUT2D eigenvalue weighted by molar-refractivity contribution is 4.87. The molecular weight excluding hydrogens is 122 g/mol. The summed E-state index contributed by atoms with van der Waals surface area (Å²) in [4.78, 5) is 2.59. The maximum Gasteiger partial charge on any atom is 0.00127 e. The quantitative estimate of drug-likeness (QED) is 0.563. The van der Waals surface area contributed by atoms with E-state index in [0.717, 1.165) is 11.8 Å². The molecule has 0 aromatic rings. The summed E-state index contributed by atoms with van der Waals surface area (Å²) in [6.45, 7) is 6.32. The second kappa shape index (κ2) is 2.54. The van der Waals surface area contributed by atoms with Gasteiger partial charge in [-0.2, -0.15) is 0 Å². The monoisotopic (exact) mass is 139 g/mol. The van der Waals surface area contributed by atoms with Crippen LogP contribution in [0.15, 0.2) is 0 Å². The van der Waals surface area contributed by atoms with Crippen LogP contribution < -0.4 is 0 Å². The van der Waals surface area contributed by atoms with E-state index in [4.69, 9.17) is 0 Å². The number of hydrogen-bond acceptors (Lipinski definition) is 1. The minimum atomic E-state index is 1.08. The summed E-state index contributed by atoms with van der Waals surface area (Å²) in [5.41, 5.74) is 0. The van der Waals surface area contributed by atoms with Gasteiger partial charge in [0.1, 0.15) is 0 Å². The summed E-state index contributed by atoms with van der Waals surface area (Å²) in [6.07, 6.45) is 4.54. The lowest BCUT2D eigenvalue weighted by atomic mass is 10.0. The van der Waals surface area contributed by atoms with E-state index in [-0.39, 0.29) is 0 Å². The van der Waals surface area contributed by atoms with Crippen molar-refractivity contribution in [3.63, 3.8) is 0 Å². The second-order valence-corrected chi connectivity index (χ2v) is 3.78. The van der Waals surface area contributed by atoms with Crippen molar-refractivity contribution in [1.82, 2.24) is 4.90 Å². The lowest BCUT2D eigenvalue weighted by molar-refractivity contribution is 0.334. The van der Waals surface area contributed by atoms with Crippen molar-refractivity contribution >= 4 is 0 Å². The molecule has 1 atom stereocenters. The van der Waals surface area contributed by atoms with Crippen molar-refractivity contribution in [2.75, 3.05) is 19.6 Å². The molecular formula is C9H17N. The molecule has 2 fully saturated rings. The number of hydrogen-bond donors (Lipinski definition) is 0. The average Bonchev–Trinajstić information content (AvgIpc) is 2.70. The fraction of sp³-hybridized carbons (Fsp3) is 1.00. The van der Waals surface area contributed by atoms with Crippen molar-refractivity contribution in [1.29, 1.82) is 0 Å². The van der Waals surface area contributed by atoms with Crippen LogP contribution in [0.3, 0.4) is 0 Å². The lowest BCUT2D eigenvalue weighted by Gasteiger charge is -2.11. The maximum absolute atomic E-state index is 2.59. The first-order valence-electron chi connectivity index (χ1n) is 4.62. The Bertz CT molecular complexity index is 118.